The number of para-hydroxylation sites is 1. The lowest BCUT2D eigenvalue weighted by Gasteiger charge is -2.19. The largest absolute Gasteiger partial charge is 0.497 e. The van der Waals surface area contributed by atoms with Crippen LogP contribution in [0.4, 0.5) is 4.79 Å². The molecule has 0 fully saturated rings. The molecule has 0 heterocycles. The zero-order valence-corrected chi connectivity index (χ0v) is 20.8. The van der Waals surface area contributed by atoms with E-state index in [2.05, 4.69) is 17.4 Å². The van der Waals surface area contributed by atoms with Crippen LogP contribution >= 0.6 is 0 Å². The number of methoxy groups -OCH3 is 1. The summed E-state index contributed by atoms with van der Waals surface area (Å²) in [5.74, 6) is 0.387. The Labute approximate surface area is 220 Å². The number of hydrogen-bond acceptors (Lipinski definition) is 5. The number of carboxylic acids is 1. The second-order valence-corrected chi connectivity index (χ2v) is 8.95. The molecule has 1 aliphatic rings. The van der Waals surface area contributed by atoms with Gasteiger partial charge in [0.25, 0.3) is 0 Å². The maximum atomic E-state index is 12.7. The summed E-state index contributed by atoms with van der Waals surface area (Å²) in [5.41, 5.74) is 5.03. The van der Waals surface area contributed by atoms with Gasteiger partial charge in [0.1, 0.15) is 29.9 Å². The molecule has 2 N–H and O–H groups in total. The van der Waals surface area contributed by atoms with Crippen molar-refractivity contribution in [3.63, 3.8) is 0 Å². The van der Waals surface area contributed by atoms with Gasteiger partial charge in [-0.15, -0.1) is 0 Å². The number of rotatable bonds is 9. The van der Waals surface area contributed by atoms with Crippen LogP contribution < -0.4 is 14.8 Å². The third kappa shape index (κ3) is 5.32. The molecule has 1 unspecified atom stereocenters. The summed E-state index contributed by atoms with van der Waals surface area (Å²) in [5, 5.41) is 12.4. The number of carboxylic acid groups (broad SMARTS) is 1. The van der Waals surface area contributed by atoms with Crippen molar-refractivity contribution in [3.8, 4) is 28.4 Å². The van der Waals surface area contributed by atoms with Crippen molar-refractivity contribution < 1.29 is 28.9 Å². The quantitative estimate of drug-likeness (QED) is 0.287. The maximum absolute atomic E-state index is 12.7. The molecule has 5 rings (SSSR count). The van der Waals surface area contributed by atoms with E-state index in [1.165, 1.54) is 0 Å². The molecule has 0 saturated heterocycles. The van der Waals surface area contributed by atoms with E-state index in [4.69, 9.17) is 14.2 Å². The SMILES string of the molecule is COc1cccc(Oc2ccccc2CC(NC(=O)OCC2c3ccccc3-c3ccccc32)C(=O)O)c1. The number of hydrogen-bond donors (Lipinski definition) is 2. The van der Waals surface area contributed by atoms with E-state index in [1.807, 2.05) is 36.4 Å². The van der Waals surface area contributed by atoms with E-state index in [-0.39, 0.29) is 18.9 Å². The number of nitrogens with one attached hydrogen (secondary N) is 1. The molecule has 7 heteroatoms. The van der Waals surface area contributed by atoms with Crippen LogP contribution in [0.3, 0.4) is 0 Å². The van der Waals surface area contributed by atoms with Crippen molar-refractivity contribution in [1.29, 1.82) is 0 Å². The van der Waals surface area contributed by atoms with Crippen LogP contribution in [0.1, 0.15) is 22.6 Å². The normalized spacial score (nSPS) is 12.7. The molecule has 7 nitrogen and oxygen atoms in total. The minimum Gasteiger partial charge on any atom is -0.497 e. The smallest absolute Gasteiger partial charge is 0.407 e. The highest BCUT2D eigenvalue weighted by atomic mass is 16.5. The Morgan fingerprint density at radius 2 is 1.47 bits per heavy atom. The molecule has 38 heavy (non-hydrogen) atoms. The second-order valence-electron chi connectivity index (χ2n) is 8.95. The molecule has 4 aromatic rings. The molecular weight excluding hydrogens is 482 g/mol. The highest BCUT2D eigenvalue weighted by molar-refractivity contribution is 5.81. The molecule has 192 valence electrons. The van der Waals surface area contributed by atoms with E-state index >= 15 is 0 Å². The minimum atomic E-state index is -1.21. The number of amides is 1. The summed E-state index contributed by atoms with van der Waals surface area (Å²) in [7, 11) is 1.57. The number of benzene rings is 4. The fourth-order valence-electron chi connectivity index (χ4n) is 4.77. The lowest BCUT2D eigenvalue weighted by molar-refractivity contribution is -0.139. The predicted molar refractivity (Wildman–Crippen MR) is 143 cm³/mol. The first-order chi connectivity index (χ1) is 18.5. The molecule has 0 saturated carbocycles. The van der Waals surface area contributed by atoms with Crippen LogP contribution in [0.2, 0.25) is 0 Å². The Balaban J connectivity index is 1.26. The number of carbonyl (C=O) groups excluding carboxylic acids is 1. The molecule has 0 spiro atoms. The predicted octanol–water partition coefficient (Wildman–Crippen LogP) is 6.02. The standard InChI is InChI=1S/C31H27NO6/c1-36-21-10-8-11-22(18-21)38-29-16-7-2-9-20(29)17-28(30(33)34)32-31(35)37-19-27-25-14-5-3-12-23(25)24-13-4-6-15-26(24)27/h2-16,18,27-28H,17,19H2,1H3,(H,32,35)(H,33,34). The fourth-order valence-corrected chi connectivity index (χ4v) is 4.77. The first-order valence-corrected chi connectivity index (χ1v) is 12.3. The highest BCUT2D eigenvalue weighted by Crippen LogP contribution is 2.44. The number of alkyl carbamates (subject to hydrolysis) is 1. The maximum Gasteiger partial charge on any atom is 0.407 e. The van der Waals surface area contributed by atoms with Gasteiger partial charge in [0.05, 0.1) is 7.11 Å². The first kappa shape index (κ1) is 24.9. The van der Waals surface area contributed by atoms with E-state index < -0.39 is 18.1 Å². The van der Waals surface area contributed by atoms with E-state index in [1.54, 1.807) is 55.6 Å². The zero-order chi connectivity index (χ0) is 26.5. The molecule has 1 aliphatic carbocycles. The summed E-state index contributed by atoms with van der Waals surface area (Å²) >= 11 is 0. The molecule has 1 amide bonds. The lowest BCUT2D eigenvalue weighted by Crippen LogP contribution is -2.43. The fraction of sp³-hybridized carbons (Fsp3) is 0.161. The van der Waals surface area contributed by atoms with Crippen molar-refractivity contribution in [2.75, 3.05) is 13.7 Å². The zero-order valence-electron chi connectivity index (χ0n) is 20.8. The van der Waals surface area contributed by atoms with Gasteiger partial charge in [-0.3, -0.25) is 0 Å². The van der Waals surface area contributed by atoms with Crippen LogP contribution in [0.25, 0.3) is 11.1 Å². The molecular formula is C31H27NO6. The topological polar surface area (TPSA) is 94.1 Å². The van der Waals surface area contributed by atoms with E-state index in [0.717, 1.165) is 22.3 Å². The molecule has 0 radical (unpaired) electrons. The number of aliphatic carboxylic acids is 1. The molecule has 4 aromatic carbocycles. The summed E-state index contributed by atoms with van der Waals surface area (Å²) in [6, 6.07) is 29.1. The summed E-state index contributed by atoms with van der Waals surface area (Å²) < 4.78 is 16.8. The molecule has 0 aromatic heterocycles. The Morgan fingerprint density at radius 3 is 2.16 bits per heavy atom. The Bertz CT molecular complexity index is 1420. The second kappa shape index (κ2) is 11.1. The van der Waals surface area contributed by atoms with E-state index in [0.29, 0.717) is 22.8 Å². The average Bonchev–Trinajstić information content (AvgIpc) is 3.26. The van der Waals surface area contributed by atoms with Crippen LogP contribution in [0.15, 0.2) is 97.1 Å². The minimum absolute atomic E-state index is 0.0136. The summed E-state index contributed by atoms with van der Waals surface area (Å²) in [6.07, 6.45) is -0.773. The molecule has 0 bridgehead atoms. The number of fused-ring (bicyclic) bond motifs is 3. The van der Waals surface area contributed by atoms with Crippen LogP contribution in [-0.2, 0) is 16.0 Å². The van der Waals surface area contributed by atoms with Gasteiger partial charge in [0.2, 0.25) is 0 Å². The van der Waals surface area contributed by atoms with Crippen molar-refractivity contribution in [2.45, 2.75) is 18.4 Å². The Morgan fingerprint density at radius 1 is 0.842 bits per heavy atom. The molecule has 0 aliphatic heterocycles. The van der Waals surface area contributed by atoms with Crippen LogP contribution in [0.5, 0.6) is 17.2 Å². The van der Waals surface area contributed by atoms with Crippen molar-refractivity contribution in [1.82, 2.24) is 5.32 Å². The Hall–Kier alpha value is -4.78. The van der Waals surface area contributed by atoms with Gasteiger partial charge in [-0.05, 0) is 46.0 Å². The van der Waals surface area contributed by atoms with Gasteiger partial charge in [-0.25, -0.2) is 9.59 Å². The summed E-state index contributed by atoms with van der Waals surface area (Å²) in [6.45, 7) is 0.0989. The number of carbonyl (C=O) groups is 2. The first-order valence-electron chi connectivity index (χ1n) is 12.3. The highest BCUT2D eigenvalue weighted by Gasteiger charge is 2.30. The van der Waals surface area contributed by atoms with Crippen molar-refractivity contribution in [2.24, 2.45) is 0 Å². The lowest BCUT2D eigenvalue weighted by atomic mass is 9.98. The third-order valence-corrected chi connectivity index (χ3v) is 6.60. The van der Waals surface area contributed by atoms with Gasteiger partial charge in [-0.1, -0.05) is 72.8 Å². The van der Waals surface area contributed by atoms with Gasteiger partial charge < -0.3 is 24.6 Å². The van der Waals surface area contributed by atoms with Crippen molar-refractivity contribution >= 4 is 12.1 Å². The van der Waals surface area contributed by atoms with Crippen LogP contribution in [0, 0.1) is 0 Å². The van der Waals surface area contributed by atoms with Gasteiger partial charge in [-0.2, -0.15) is 0 Å². The average molecular weight is 510 g/mol. The van der Waals surface area contributed by atoms with Gasteiger partial charge in [0, 0.05) is 18.4 Å². The van der Waals surface area contributed by atoms with Gasteiger partial charge >= 0.3 is 12.1 Å². The van der Waals surface area contributed by atoms with E-state index in [9.17, 15) is 14.7 Å². The number of ether oxygens (including phenoxy) is 3. The summed E-state index contributed by atoms with van der Waals surface area (Å²) in [4.78, 5) is 24.8. The van der Waals surface area contributed by atoms with Gasteiger partial charge in [0.15, 0.2) is 0 Å². The van der Waals surface area contributed by atoms with Crippen molar-refractivity contribution in [3.05, 3.63) is 114 Å². The third-order valence-electron chi connectivity index (χ3n) is 6.60. The molecule has 1 atom stereocenters. The Kier molecular flexibility index (Phi) is 7.26. The monoisotopic (exact) mass is 509 g/mol. The van der Waals surface area contributed by atoms with Crippen LogP contribution in [-0.4, -0.2) is 36.9 Å².